The first kappa shape index (κ1) is 18.5. The first-order valence-corrected chi connectivity index (χ1v) is 8.59. The van der Waals surface area contributed by atoms with Gasteiger partial charge in [-0.2, -0.15) is 5.10 Å². The highest BCUT2D eigenvalue weighted by Crippen LogP contribution is 2.44. The number of nitrogens with one attached hydrogen (secondary N) is 1. The van der Waals surface area contributed by atoms with Gasteiger partial charge in [-0.25, -0.2) is 0 Å². The van der Waals surface area contributed by atoms with Gasteiger partial charge in [0.25, 0.3) is 0 Å². The molecule has 6 heteroatoms. The maximum Gasteiger partial charge on any atom is 0.193 e. The summed E-state index contributed by atoms with van der Waals surface area (Å²) in [7, 11) is 5.93. The van der Waals surface area contributed by atoms with E-state index in [1.807, 2.05) is 25.0 Å². The number of halogens is 1. The highest BCUT2D eigenvalue weighted by Gasteiger charge is 2.43. The van der Waals surface area contributed by atoms with Gasteiger partial charge in [0.2, 0.25) is 0 Å². The molecular weight excluding hydrogens is 401 g/mol. The van der Waals surface area contributed by atoms with Crippen molar-refractivity contribution >= 4 is 29.9 Å². The Balaban J connectivity index is 0.00000192. The summed E-state index contributed by atoms with van der Waals surface area (Å²) in [6, 6.07) is 0.637. The number of guanidine groups is 1. The van der Waals surface area contributed by atoms with Crippen LogP contribution >= 0.6 is 24.0 Å². The van der Waals surface area contributed by atoms with Gasteiger partial charge in [0.05, 0.1) is 6.20 Å². The SMILES string of the molecule is CN=C(NC1CC1C1CCCCC1)N(C)Cc1cnn(C)c1.I. The third-order valence-corrected chi connectivity index (χ3v) is 5.16. The lowest BCUT2D eigenvalue weighted by molar-refractivity contribution is 0.314. The van der Waals surface area contributed by atoms with Crippen LogP contribution < -0.4 is 5.32 Å². The third kappa shape index (κ3) is 4.84. The molecule has 0 aliphatic heterocycles. The van der Waals surface area contributed by atoms with Crippen molar-refractivity contribution in [1.29, 1.82) is 0 Å². The van der Waals surface area contributed by atoms with Gasteiger partial charge >= 0.3 is 0 Å². The molecular formula is C17H30IN5. The van der Waals surface area contributed by atoms with Gasteiger partial charge in [0.1, 0.15) is 0 Å². The van der Waals surface area contributed by atoms with E-state index in [-0.39, 0.29) is 24.0 Å². The molecule has 2 atom stereocenters. The van der Waals surface area contributed by atoms with Gasteiger partial charge in [-0.3, -0.25) is 9.67 Å². The molecule has 2 aliphatic rings. The molecule has 130 valence electrons. The number of hydrogen-bond donors (Lipinski definition) is 1. The van der Waals surface area contributed by atoms with Gasteiger partial charge in [0, 0.05) is 45.5 Å². The van der Waals surface area contributed by atoms with Crippen LogP contribution in [0, 0.1) is 11.8 Å². The summed E-state index contributed by atoms with van der Waals surface area (Å²) in [5.74, 6) is 2.84. The Kier molecular flexibility index (Phi) is 6.73. The van der Waals surface area contributed by atoms with E-state index >= 15 is 0 Å². The molecule has 1 N–H and O–H groups in total. The number of rotatable bonds is 4. The Morgan fingerprint density at radius 2 is 2.13 bits per heavy atom. The molecule has 23 heavy (non-hydrogen) atoms. The van der Waals surface area contributed by atoms with Crippen molar-refractivity contribution in [2.75, 3.05) is 14.1 Å². The van der Waals surface area contributed by atoms with Gasteiger partial charge in [0.15, 0.2) is 5.96 Å². The van der Waals surface area contributed by atoms with Crippen molar-refractivity contribution < 1.29 is 0 Å². The molecule has 5 nitrogen and oxygen atoms in total. The smallest absolute Gasteiger partial charge is 0.193 e. The molecule has 2 fully saturated rings. The van der Waals surface area contributed by atoms with Gasteiger partial charge in [-0.15, -0.1) is 24.0 Å². The van der Waals surface area contributed by atoms with Gasteiger partial charge in [-0.05, 0) is 18.3 Å². The molecule has 0 saturated heterocycles. The zero-order valence-corrected chi connectivity index (χ0v) is 16.9. The molecule has 0 spiro atoms. The minimum absolute atomic E-state index is 0. The van der Waals surface area contributed by atoms with Gasteiger partial charge in [-0.1, -0.05) is 32.1 Å². The molecule has 2 unspecified atom stereocenters. The molecule has 0 aromatic carbocycles. The summed E-state index contributed by atoms with van der Waals surface area (Å²) >= 11 is 0. The fraction of sp³-hybridized carbons (Fsp3) is 0.765. The van der Waals surface area contributed by atoms with Crippen molar-refractivity contribution in [3.63, 3.8) is 0 Å². The molecule has 0 amide bonds. The average molecular weight is 431 g/mol. The summed E-state index contributed by atoms with van der Waals surface area (Å²) in [5.41, 5.74) is 1.22. The molecule has 2 saturated carbocycles. The summed E-state index contributed by atoms with van der Waals surface area (Å²) < 4.78 is 1.85. The van der Waals surface area contributed by atoms with Crippen molar-refractivity contribution in [1.82, 2.24) is 20.0 Å². The van der Waals surface area contributed by atoms with Crippen LogP contribution in [0.15, 0.2) is 17.4 Å². The Morgan fingerprint density at radius 3 is 2.74 bits per heavy atom. The monoisotopic (exact) mass is 431 g/mol. The predicted molar refractivity (Wildman–Crippen MR) is 105 cm³/mol. The van der Waals surface area contributed by atoms with Crippen LogP contribution in [0.1, 0.15) is 44.1 Å². The highest BCUT2D eigenvalue weighted by atomic mass is 127. The zero-order valence-electron chi connectivity index (χ0n) is 14.5. The first-order valence-electron chi connectivity index (χ1n) is 8.59. The van der Waals surface area contributed by atoms with Crippen LogP contribution in [-0.2, 0) is 13.6 Å². The fourth-order valence-corrected chi connectivity index (χ4v) is 3.88. The normalized spacial score (nSPS) is 24.9. The van der Waals surface area contributed by atoms with Crippen molar-refractivity contribution in [2.45, 2.75) is 51.1 Å². The minimum atomic E-state index is 0. The summed E-state index contributed by atoms with van der Waals surface area (Å²) in [4.78, 5) is 6.64. The van der Waals surface area contributed by atoms with E-state index in [9.17, 15) is 0 Å². The van der Waals surface area contributed by atoms with Crippen LogP contribution in [0.2, 0.25) is 0 Å². The van der Waals surface area contributed by atoms with Crippen molar-refractivity contribution in [3.05, 3.63) is 18.0 Å². The van der Waals surface area contributed by atoms with Gasteiger partial charge < -0.3 is 10.2 Å². The lowest BCUT2D eigenvalue weighted by Gasteiger charge is -2.24. The lowest BCUT2D eigenvalue weighted by Crippen LogP contribution is -2.40. The number of aryl methyl sites for hydroxylation is 1. The van der Waals surface area contributed by atoms with E-state index in [1.165, 1.54) is 44.1 Å². The van der Waals surface area contributed by atoms with Crippen LogP contribution in [0.3, 0.4) is 0 Å². The van der Waals surface area contributed by atoms with Crippen molar-refractivity contribution in [3.8, 4) is 0 Å². The second-order valence-electron chi connectivity index (χ2n) is 6.97. The van der Waals surface area contributed by atoms with Crippen LogP contribution in [0.25, 0.3) is 0 Å². The molecule has 3 rings (SSSR count). The molecule has 1 heterocycles. The lowest BCUT2D eigenvalue weighted by atomic mass is 9.85. The molecule has 0 radical (unpaired) electrons. The Bertz CT molecular complexity index is 521. The number of nitrogens with zero attached hydrogens (tertiary/aromatic N) is 4. The fourth-order valence-electron chi connectivity index (χ4n) is 3.88. The first-order chi connectivity index (χ1) is 10.7. The molecule has 1 aromatic heterocycles. The van der Waals surface area contributed by atoms with Crippen molar-refractivity contribution in [2.24, 2.45) is 23.9 Å². The highest BCUT2D eigenvalue weighted by molar-refractivity contribution is 14.0. The zero-order chi connectivity index (χ0) is 15.5. The Hall–Kier alpha value is -0.790. The van der Waals surface area contributed by atoms with E-state index in [0.717, 1.165) is 24.3 Å². The molecule has 1 aromatic rings. The maximum absolute atomic E-state index is 4.45. The summed E-state index contributed by atoms with van der Waals surface area (Å²) in [6.07, 6.45) is 12.5. The van der Waals surface area contributed by atoms with Crippen LogP contribution in [0.4, 0.5) is 0 Å². The minimum Gasteiger partial charge on any atom is -0.353 e. The number of hydrogen-bond acceptors (Lipinski definition) is 2. The van der Waals surface area contributed by atoms with E-state index in [4.69, 9.17) is 0 Å². The predicted octanol–water partition coefficient (Wildman–Crippen LogP) is 3.01. The van der Waals surface area contributed by atoms with Crippen LogP contribution in [-0.4, -0.2) is 40.8 Å². The third-order valence-electron chi connectivity index (χ3n) is 5.16. The standard InChI is InChI=1S/C17H29N5.HI/c1-18-17(21(2)11-13-10-19-22(3)12-13)20-16-9-15(16)14-7-5-4-6-8-14;/h10,12,14-16H,4-9,11H2,1-3H3,(H,18,20);1H. The molecule has 0 bridgehead atoms. The topological polar surface area (TPSA) is 45.5 Å². The number of aromatic nitrogens is 2. The molecule has 2 aliphatic carbocycles. The van der Waals surface area contributed by atoms with Crippen LogP contribution in [0.5, 0.6) is 0 Å². The van der Waals surface area contributed by atoms with E-state index in [1.54, 1.807) is 0 Å². The second-order valence-corrected chi connectivity index (χ2v) is 6.97. The van der Waals surface area contributed by atoms with E-state index in [2.05, 4.69) is 33.6 Å². The number of aliphatic imine (C=N–C) groups is 1. The average Bonchev–Trinajstić information content (AvgIpc) is 3.19. The maximum atomic E-state index is 4.45. The summed E-state index contributed by atoms with van der Waals surface area (Å²) in [5, 5.41) is 7.89. The quantitative estimate of drug-likeness (QED) is 0.453. The van der Waals surface area contributed by atoms with E-state index < -0.39 is 0 Å². The second kappa shape index (κ2) is 8.35. The largest absolute Gasteiger partial charge is 0.353 e. The Morgan fingerprint density at radius 1 is 1.39 bits per heavy atom. The summed E-state index contributed by atoms with van der Waals surface area (Å²) in [6.45, 7) is 0.842. The Labute approximate surface area is 156 Å². The van der Waals surface area contributed by atoms with E-state index in [0.29, 0.717) is 6.04 Å².